The van der Waals surface area contributed by atoms with Gasteiger partial charge in [0.1, 0.15) is 17.6 Å². The van der Waals surface area contributed by atoms with Crippen LogP contribution in [0.3, 0.4) is 0 Å². The molecule has 3 rings (SSSR count). The Labute approximate surface area is 161 Å². The van der Waals surface area contributed by atoms with Gasteiger partial charge in [-0.2, -0.15) is 0 Å². The second-order valence-corrected chi connectivity index (χ2v) is 8.72. The zero-order chi connectivity index (χ0) is 19.4. The molecule has 0 bridgehead atoms. The highest BCUT2D eigenvalue weighted by molar-refractivity contribution is 7.92. The normalized spacial score (nSPS) is 20.1. The van der Waals surface area contributed by atoms with Gasteiger partial charge in [0, 0.05) is 11.6 Å². The molecule has 0 aromatic heterocycles. The van der Waals surface area contributed by atoms with Gasteiger partial charge in [-0.15, -0.1) is 0 Å². The third kappa shape index (κ3) is 4.59. The second kappa shape index (κ2) is 8.26. The summed E-state index contributed by atoms with van der Waals surface area (Å²) >= 11 is 5.83. The largest absolute Gasteiger partial charge is 0.457 e. The van der Waals surface area contributed by atoms with E-state index in [0.29, 0.717) is 16.5 Å². The standard InChI is InChI=1S/C18H18ClNO6S/c19-12-1-3-13(4-2-12)26-14-5-7-15(8-6-14)27(23,24)16-9-10-25-17(11-16)18(21)20-22/h1-8,16-17,22H,9-11H2,(H,20,21). The van der Waals surface area contributed by atoms with E-state index in [-0.39, 0.29) is 24.3 Å². The predicted molar refractivity (Wildman–Crippen MR) is 97.8 cm³/mol. The van der Waals surface area contributed by atoms with Crippen molar-refractivity contribution >= 4 is 27.3 Å². The summed E-state index contributed by atoms with van der Waals surface area (Å²) < 4.78 is 36.6. The van der Waals surface area contributed by atoms with Crippen LogP contribution in [0.5, 0.6) is 11.5 Å². The summed E-state index contributed by atoms with van der Waals surface area (Å²) in [4.78, 5) is 11.6. The van der Waals surface area contributed by atoms with Crippen LogP contribution in [0.4, 0.5) is 0 Å². The van der Waals surface area contributed by atoms with Gasteiger partial charge in [0.25, 0.3) is 5.91 Å². The van der Waals surface area contributed by atoms with E-state index in [1.54, 1.807) is 36.4 Å². The van der Waals surface area contributed by atoms with Crippen molar-refractivity contribution in [2.75, 3.05) is 6.61 Å². The molecule has 1 heterocycles. The highest BCUT2D eigenvalue weighted by Crippen LogP contribution is 2.29. The van der Waals surface area contributed by atoms with Crippen molar-refractivity contribution < 1.29 is 27.9 Å². The first-order valence-corrected chi connectivity index (χ1v) is 10.2. The third-order valence-corrected chi connectivity index (χ3v) is 6.77. The molecule has 0 aliphatic carbocycles. The van der Waals surface area contributed by atoms with Gasteiger partial charge in [-0.05, 0) is 61.4 Å². The lowest BCUT2D eigenvalue weighted by atomic mass is 10.1. The van der Waals surface area contributed by atoms with Crippen molar-refractivity contribution in [3.8, 4) is 11.5 Å². The Bertz CT molecular complexity index is 898. The fraction of sp³-hybridized carbons (Fsp3) is 0.278. The van der Waals surface area contributed by atoms with Crippen molar-refractivity contribution in [3.63, 3.8) is 0 Å². The van der Waals surface area contributed by atoms with Gasteiger partial charge < -0.3 is 9.47 Å². The number of benzene rings is 2. The number of hydroxylamine groups is 1. The Morgan fingerprint density at radius 3 is 2.30 bits per heavy atom. The summed E-state index contributed by atoms with van der Waals surface area (Å²) in [5.74, 6) is 0.319. The number of hydrogen-bond donors (Lipinski definition) is 2. The van der Waals surface area contributed by atoms with Gasteiger partial charge in [0.05, 0.1) is 10.1 Å². The minimum Gasteiger partial charge on any atom is -0.457 e. The number of nitrogens with one attached hydrogen (secondary N) is 1. The van der Waals surface area contributed by atoms with E-state index >= 15 is 0 Å². The van der Waals surface area contributed by atoms with Crippen LogP contribution in [0.1, 0.15) is 12.8 Å². The molecule has 1 amide bonds. The van der Waals surface area contributed by atoms with Crippen molar-refractivity contribution in [2.24, 2.45) is 0 Å². The molecule has 1 saturated heterocycles. The Balaban J connectivity index is 1.73. The van der Waals surface area contributed by atoms with E-state index in [4.69, 9.17) is 26.3 Å². The number of halogens is 1. The van der Waals surface area contributed by atoms with Gasteiger partial charge in [0.2, 0.25) is 0 Å². The second-order valence-electron chi connectivity index (χ2n) is 6.05. The molecular weight excluding hydrogens is 394 g/mol. The highest BCUT2D eigenvalue weighted by Gasteiger charge is 2.36. The lowest BCUT2D eigenvalue weighted by molar-refractivity contribution is -0.143. The maximum atomic E-state index is 12.8. The van der Waals surface area contributed by atoms with E-state index in [0.717, 1.165) is 0 Å². The smallest absolute Gasteiger partial charge is 0.272 e. The molecule has 2 aromatic rings. The summed E-state index contributed by atoms with van der Waals surface area (Å²) in [5, 5.41) is 8.53. The summed E-state index contributed by atoms with van der Waals surface area (Å²) in [6, 6.07) is 12.9. The van der Waals surface area contributed by atoms with Crippen molar-refractivity contribution in [3.05, 3.63) is 53.6 Å². The van der Waals surface area contributed by atoms with E-state index in [1.165, 1.54) is 17.6 Å². The SMILES string of the molecule is O=C(NO)C1CC(S(=O)(=O)c2ccc(Oc3ccc(Cl)cc3)cc2)CCO1. The molecule has 0 radical (unpaired) electrons. The summed E-state index contributed by atoms with van der Waals surface area (Å²) in [6.07, 6.45) is -0.728. The molecule has 1 aliphatic rings. The van der Waals surface area contributed by atoms with E-state index in [9.17, 15) is 13.2 Å². The first-order chi connectivity index (χ1) is 12.9. The Kier molecular flexibility index (Phi) is 6.01. The molecule has 7 nitrogen and oxygen atoms in total. The summed E-state index contributed by atoms with van der Waals surface area (Å²) in [7, 11) is -3.65. The molecule has 1 fully saturated rings. The van der Waals surface area contributed by atoms with E-state index in [1.807, 2.05) is 0 Å². The van der Waals surface area contributed by atoms with Crippen LogP contribution < -0.4 is 10.2 Å². The van der Waals surface area contributed by atoms with Gasteiger partial charge in [-0.25, -0.2) is 13.9 Å². The number of amides is 1. The van der Waals surface area contributed by atoms with Gasteiger partial charge in [-0.3, -0.25) is 10.0 Å². The van der Waals surface area contributed by atoms with Crippen LogP contribution in [-0.4, -0.2) is 37.5 Å². The molecule has 1 aliphatic heterocycles. The Hall–Kier alpha value is -2.13. The van der Waals surface area contributed by atoms with Gasteiger partial charge in [-0.1, -0.05) is 11.6 Å². The molecular formula is C18H18ClNO6S. The van der Waals surface area contributed by atoms with Crippen LogP contribution in [0.25, 0.3) is 0 Å². The highest BCUT2D eigenvalue weighted by atomic mass is 35.5. The molecule has 2 unspecified atom stereocenters. The Morgan fingerprint density at radius 2 is 1.70 bits per heavy atom. The first-order valence-electron chi connectivity index (χ1n) is 8.23. The van der Waals surface area contributed by atoms with Crippen LogP contribution >= 0.6 is 11.6 Å². The van der Waals surface area contributed by atoms with E-state index in [2.05, 4.69) is 0 Å². The fourth-order valence-electron chi connectivity index (χ4n) is 2.83. The van der Waals surface area contributed by atoms with Crippen molar-refractivity contribution in [1.29, 1.82) is 0 Å². The van der Waals surface area contributed by atoms with E-state index < -0.39 is 27.1 Å². The number of carbonyl (C=O) groups is 1. The predicted octanol–water partition coefficient (Wildman–Crippen LogP) is 2.96. The average molecular weight is 412 g/mol. The third-order valence-electron chi connectivity index (χ3n) is 4.28. The number of hydrogen-bond acceptors (Lipinski definition) is 6. The van der Waals surface area contributed by atoms with Gasteiger partial charge >= 0.3 is 0 Å². The molecule has 0 saturated carbocycles. The summed E-state index contributed by atoms with van der Waals surface area (Å²) in [6.45, 7) is 0.125. The fourth-order valence-corrected chi connectivity index (χ4v) is 4.69. The molecule has 2 atom stereocenters. The van der Waals surface area contributed by atoms with Crippen LogP contribution in [0.15, 0.2) is 53.4 Å². The van der Waals surface area contributed by atoms with Crippen LogP contribution in [0.2, 0.25) is 5.02 Å². The molecule has 27 heavy (non-hydrogen) atoms. The maximum absolute atomic E-state index is 12.8. The molecule has 9 heteroatoms. The minimum atomic E-state index is -3.65. The Morgan fingerprint density at radius 1 is 1.11 bits per heavy atom. The van der Waals surface area contributed by atoms with Crippen LogP contribution in [-0.2, 0) is 19.4 Å². The molecule has 2 aromatic carbocycles. The average Bonchev–Trinajstić information content (AvgIpc) is 2.69. The quantitative estimate of drug-likeness (QED) is 0.579. The first kappa shape index (κ1) is 19.6. The lowest BCUT2D eigenvalue weighted by Crippen LogP contribution is -2.43. The molecule has 0 spiro atoms. The number of sulfone groups is 1. The zero-order valence-corrected chi connectivity index (χ0v) is 15.7. The van der Waals surface area contributed by atoms with Crippen molar-refractivity contribution in [2.45, 2.75) is 29.1 Å². The monoisotopic (exact) mass is 411 g/mol. The van der Waals surface area contributed by atoms with Crippen molar-refractivity contribution in [1.82, 2.24) is 5.48 Å². The molecule has 144 valence electrons. The maximum Gasteiger partial charge on any atom is 0.272 e. The minimum absolute atomic E-state index is 0.0161. The number of rotatable bonds is 5. The lowest BCUT2D eigenvalue weighted by Gasteiger charge is -2.28. The topological polar surface area (TPSA) is 102 Å². The molecule has 2 N–H and O–H groups in total. The number of carbonyl (C=O) groups excluding carboxylic acids is 1. The summed E-state index contributed by atoms with van der Waals surface area (Å²) in [5.41, 5.74) is 1.50. The number of ether oxygens (including phenoxy) is 2. The zero-order valence-electron chi connectivity index (χ0n) is 14.2. The van der Waals surface area contributed by atoms with Crippen LogP contribution in [0, 0.1) is 0 Å². The van der Waals surface area contributed by atoms with Gasteiger partial charge in [0.15, 0.2) is 9.84 Å².